The summed E-state index contributed by atoms with van der Waals surface area (Å²) in [4.78, 5) is 23.3. The summed E-state index contributed by atoms with van der Waals surface area (Å²) in [6.07, 6.45) is 4.16. The minimum Gasteiger partial charge on any atom is -0.477 e. The number of carbonyl (C=O) groups excluding carboxylic acids is 1. The van der Waals surface area contributed by atoms with Gasteiger partial charge in [-0.05, 0) is 13.8 Å². The third-order valence-electron chi connectivity index (χ3n) is 4.73. The molecule has 26 heavy (non-hydrogen) atoms. The number of piperidine rings is 1. The largest absolute Gasteiger partial charge is 0.477 e. The summed E-state index contributed by atoms with van der Waals surface area (Å²) < 4.78 is 13.4. The van der Waals surface area contributed by atoms with E-state index in [1.165, 1.54) is 0 Å². The Labute approximate surface area is 152 Å². The molecule has 0 saturated carbocycles. The van der Waals surface area contributed by atoms with Gasteiger partial charge in [0.2, 0.25) is 11.8 Å². The number of rotatable bonds is 3. The molecule has 1 fully saturated rings. The standard InChI is InChI=1S/C18H23N5O3/c1-12-10-16(21-13(2)20-12)26-14-4-7-22(8-5-14)17(24)15-11-19-23-6-3-9-25-18(15)23/h10-11,14H,3-9H2,1-2H3. The van der Waals surface area contributed by atoms with Gasteiger partial charge in [-0.25, -0.2) is 9.67 Å². The maximum atomic E-state index is 12.8. The Morgan fingerprint density at radius 1 is 1.23 bits per heavy atom. The van der Waals surface area contributed by atoms with Crippen molar-refractivity contribution in [2.75, 3.05) is 19.7 Å². The Bertz CT molecular complexity index is 791. The minimum absolute atomic E-state index is 0.0136. The van der Waals surface area contributed by atoms with Crippen LogP contribution in [0.5, 0.6) is 11.8 Å². The van der Waals surface area contributed by atoms with Crippen LogP contribution in [0.25, 0.3) is 0 Å². The first kappa shape index (κ1) is 16.8. The molecular formula is C18H23N5O3. The van der Waals surface area contributed by atoms with E-state index in [1.807, 2.05) is 24.8 Å². The lowest BCUT2D eigenvalue weighted by molar-refractivity contribution is 0.0582. The Morgan fingerprint density at radius 3 is 2.81 bits per heavy atom. The van der Waals surface area contributed by atoms with Crippen molar-refractivity contribution in [3.05, 3.63) is 29.3 Å². The molecule has 0 aromatic carbocycles. The summed E-state index contributed by atoms with van der Waals surface area (Å²) in [7, 11) is 0. The lowest BCUT2D eigenvalue weighted by atomic mass is 10.1. The van der Waals surface area contributed by atoms with Crippen molar-refractivity contribution < 1.29 is 14.3 Å². The predicted molar refractivity (Wildman–Crippen MR) is 93.4 cm³/mol. The molecule has 0 aliphatic carbocycles. The highest BCUT2D eigenvalue weighted by Crippen LogP contribution is 2.25. The summed E-state index contributed by atoms with van der Waals surface area (Å²) in [5.74, 6) is 1.91. The first-order valence-corrected chi connectivity index (χ1v) is 9.07. The first-order valence-electron chi connectivity index (χ1n) is 9.07. The number of aryl methyl sites for hydroxylation is 3. The van der Waals surface area contributed by atoms with Gasteiger partial charge in [0.15, 0.2) is 0 Å². The molecule has 0 N–H and O–H groups in total. The van der Waals surface area contributed by atoms with Crippen LogP contribution >= 0.6 is 0 Å². The van der Waals surface area contributed by atoms with Crippen LogP contribution in [0.2, 0.25) is 0 Å². The summed E-state index contributed by atoms with van der Waals surface area (Å²) in [5, 5.41) is 4.27. The van der Waals surface area contributed by atoms with Gasteiger partial charge < -0.3 is 14.4 Å². The molecule has 0 unspecified atom stereocenters. The second-order valence-electron chi connectivity index (χ2n) is 6.79. The van der Waals surface area contributed by atoms with Crippen LogP contribution < -0.4 is 9.47 Å². The smallest absolute Gasteiger partial charge is 0.260 e. The van der Waals surface area contributed by atoms with Gasteiger partial charge >= 0.3 is 0 Å². The van der Waals surface area contributed by atoms with Gasteiger partial charge in [0, 0.05) is 50.7 Å². The number of hydrogen-bond donors (Lipinski definition) is 0. The van der Waals surface area contributed by atoms with Gasteiger partial charge in [-0.15, -0.1) is 0 Å². The van der Waals surface area contributed by atoms with Crippen molar-refractivity contribution in [2.24, 2.45) is 0 Å². The highest BCUT2D eigenvalue weighted by molar-refractivity contribution is 5.96. The molecule has 1 amide bonds. The SMILES string of the molecule is Cc1cc(OC2CCN(C(=O)c3cnn4c3OCCC4)CC2)nc(C)n1. The molecule has 2 aromatic heterocycles. The molecule has 138 valence electrons. The molecule has 4 heterocycles. The lowest BCUT2D eigenvalue weighted by Gasteiger charge is -2.32. The highest BCUT2D eigenvalue weighted by atomic mass is 16.5. The van der Waals surface area contributed by atoms with Gasteiger partial charge in [0.05, 0.1) is 12.8 Å². The van der Waals surface area contributed by atoms with E-state index in [1.54, 1.807) is 10.9 Å². The Morgan fingerprint density at radius 2 is 2.04 bits per heavy atom. The molecule has 0 radical (unpaired) electrons. The first-order chi connectivity index (χ1) is 12.6. The lowest BCUT2D eigenvalue weighted by Crippen LogP contribution is -2.42. The van der Waals surface area contributed by atoms with E-state index in [0.717, 1.165) is 31.5 Å². The molecule has 4 rings (SSSR count). The molecule has 8 nitrogen and oxygen atoms in total. The topological polar surface area (TPSA) is 82.4 Å². The van der Waals surface area contributed by atoms with Crippen LogP contribution in [-0.2, 0) is 6.54 Å². The highest BCUT2D eigenvalue weighted by Gasteiger charge is 2.29. The van der Waals surface area contributed by atoms with Gasteiger partial charge in [-0.3, -0.25) is 4.79 Å². The zero-order chi connectivity index (χ0) is 18.1. The predicted octanol–water partition coefficient (Wildman–Crippen LogP) is 1.76. The van der Waals surface area contributed by atoms with E-state index in [2.05, 4.69) is 15.1 Å². The van der Waals surface area contributed by atoms with E-state index >= 15 is 0 Å². The maximum Gasteiger partial charge on any atom is 0.260 e. The Hall–Kier alpha value is -2.64. The summed E-state index contributed by atoms with van der Waals surface area (Å²) in [5.41, 5.74) is 1.46. The fourth-order valence-corrected chi connectivity index (χ4v) is 3.48. The van der Waals surface area contributed by atoms with E-state index in [9.17, 15) is 4.79 Å². The fourth-order valence-electron chi connectivity index (χ4n) is 3.48. The number of carbonyl (C=O) groups is 1. The second kappa shape index (κ2) is 6.93. The summed E-state index contributed by atoms with van der Waals surface area (Å²) in [6, 6.07) is 1.85. The monoisotopic (exact) mass is 357 g/mol. The van der Waals surface area contributed by atoms with Crippen molar-refractivity contribution in [2.45, 2.75) is 45.8 Å². The van der Waals surface area contributed by atoms with E-state index in [4.69, 9.17) is 9.47 Å². The molecule has 0 bridgehead atoms. The van der Waals surface area contributed by atoms with Crippen LogP contribution in [0.3, 0.4) is 0 Å². The second-order valence-corrected chi connectivity index (χ2v) is 6.79. The summed E-state index contributed by atoms with van der Waals surface area (Å²) >= 11 is 0. The summed E-state index contributed by atoms with van der Waals surface area (Å²) in [6.45, 7) is 6.53. The third-order valence-corrected chi connectivity index (χ3v) is 4.73. The Balaban J connectivity index is 1.37. The average molecular weight is 357 g/mol. The van der Waals surface area contributed by atoms with Crippen molar-refractivity contribution >= 4 is 5.91 Å². The van der Waals surface area contributed by atoms with Gasteiger partial charge in [-0.1, -0.05) is 0 Å². The maximum absolute atomic E-state index is 12.8. The van der Waals surface area contributed by atoms with Crippen molar-refractivity contribution in [1.29, 1.82) is 0 Å². The van der Waals surface area contributed by atoms with Gasteiger partial charge in [0.1, 0.15) is 17.5 Å². The zero-order valence-corrected chi connectivity index (χ0v) is 15.1. The quantitative estimate of drug-likeness (QED) is 0.832. The Kier molecular flexibility index (Phi) is 4.48. The number of ether oxygens (including phenoxy) is 2. The van der Waals surface area contributed by atoms with Crippen LogP contribution in [-0.4, -0.2) is 56.4 Å². The zero-order valence-electron chi connectivity index (χ0n) is 15.1. The molecule has 8 heteroatoms. The van der Waals surface area contributed by atoms with Crippen molar-refractivity contribution in [3.8, 4) is 11.8 Å². The molecule has 2 aromatic rings. The molecule has 0 spiro atoms. The molecule has 2 aliphatic heterocycles. The van der Waals surface area contributed by atoms with Crippen molar-refractivity contribution in [3.63, 3.8) is 0 Å². The third kappa shape index (κ3) is 3.36. The number of likely N-dealkylation sites (tertiary alicyclic amines) is 1. The number of nitrogens with zero attached hydrogens (tertiary/aromatic N) is 5. The van der Waals surface area contributed by atoms with E-state index < -0.39 is 0 Å². The van der Waals surface area contributed by atoms with Gasteiger partial charge in [-0.2, -0.15) is 10.1 Å². The molecule has 0 atom stereocenters. The van der Waals surface area contributed by atoms with Crippen molar-refractivity contribution in [1.82, 2.24) is 24.6 Å². The van der Waals surface area contributed by atoms with Crippen LogP contribution in [0.4, 0.5) is 0 Å². The molecule has 2 aliphatic rings. The normalized spacial score (nSPS) is 17.5. The van der Waals surface area contributed by atoms with Crippen LogP contribution in [0.15, 0.2) is 12.3 Å². The van der Waals surface area contributed by atoms with Gasteiger partial charge in [0.25, 0.3) is 5.91 Å². The number of hydrogen-bond acceptors (Lipinski definition) is 6. The molecular weight excluding hydrogens is 334 g/mol. The number of fused-ring (bicyclic) bond motifs is 1. The minimum atomic E-state index is -0.0136. The molecule has 1 saturated heterocycles. The van der Waals surface area contributed by atoms with Crippen LogP contribution in [0, 0.1) is 13.8 Å². The van der Waals surface area contributed by atoms with E-state index in [0.29, 0.717) is 42.8 Å². The van der Waals surface area contributed by atoms with Crippen LogP contribution in [0.1, 0.15) is 41.1 Å². The number of amides is 1. The average Bonchev–Trinajstić information content (AvgIpc) is 3.05. The number of aromatic nitrogens is 4. The fraction of sp³-hybridized carbons (Fsp3) is 0.556. The van der Waals surface area contributed by atoms with E-state index in [-0.39, 0.29) is 12.0 Å².